The van der Waals surface area contributed by atoms with Crippen LogP contribution in [0, 0.1) is 40.9 Å². The van der Waals surface area contributed by atoms with Crippen molar-refractivity contribution in [1.82, 2.24) is 4.90 Å². The summed E-state index contributed by atoms with van der Waals surface area (Å²) in [6.07, 6.45) is 3.01. The summed E-state index contributed by atoms with van der Waals surface area (Å²) >= 11 is 3.64. The van der Waals surface area contributed by atoms with Gasteiger partial charge in [0.05, 0.1) is 11.3 Å². The van der Waals surface area contributed by atoms with Gasteiger partial charge in [-0.2, -0.15) is 0 Å². The van der Waals surface area contributed by atoms with Gasteiger partial charge in [-0.05, 0) is 42.9 Å². The van der Waals surface area contributed by atoms with E-state index in [1.165, 1.54) is 0 Å². The van der Waals surface area contributed by atoms with Gasteiger partial charge in [0, 0.05) is 24.3 Å². The normalized spacial score (nSPS) is 45.5. The molecule has 0 aliphatic heterocycles. The summed E-state index contributed by atoms with van der Waals surface area (Å²) in [7, 11) is 0. The third-order valence-corrected chi connectivity index (χ3v) is 8.18. The Morgan fingerprint density at radius 3 is 2.57 bits per heavy atom. The zero-order chi connectivity index (χ0) is 16.5. The SMILES string of the molecule is C=C1C2C(=O)C3(CBr)C4CC(C1C24)C3C(=O)N(CCC)CCC. The monoisotopic (exact) mass is 379 g/mol. The van der Waals surface area contributed by atoms with Crippen molar-refractivity contribution in [2.24, 2.45) is 40.9 Å². The molecule has 1 amide bonds. The molecule has 0 spiro atoms. The molecule has 0 aromatic carbocycles. The second-order valence-electron chi connectivity index (χ2n) is 8.00. The number of nitrogens with zero attached hydrogens (tertiary/aromatic N) is 1. The van der Waals surface area contributed by atoms with E-state index in [9.17, 15) is 9.59 Å². The third-order valence-electron chi connectivity index (χ3n) is 7.25. The summed E-state index contributed by atoms with van der Waals surface area (Å²) in [6.45, 7) is 10.1. The van der Waals surface area contributed by atoms with Crippen LogP contribution in [-0.2, 0) is 9.59 Å². The van der Waals surface area contributed by atoms with Gasteiger partial charge in [-0.1, -0.05) is 41.9 Å². The van der Waals surface area contributed by atoms with Gasteiger partial charge in [0.2, 0.25) is 5.91 Å². The maximum Gasteiger partial charge on any atom is 0.227 e. The summed E-state index contributed by atoms with van der Waals surface area (Å²) in [5.41, 5.74) is 0.704. The molecule has 0 N–H and O–H groups in total. The average Bonchev–Trinajstić information content (AvgIpc) is 3.05. The molecule has 126 valence electrons. The first-order chi connectivity index (χ1) is 11.0. The fraction of sp³-hybridized carbons (Fsp3) is 0.789. The lowest BCUT2D eigenvalue weighted by molar-refractivity contribution is -0.146. The van der Waals surface area contributed by atoms with Gasteiger partial charge >= 0.3 is 0 Å². The Kier molecular flexibility index (Phi) is 3.57. The van der Waals surface area contributed by atoms with Crippen LogP contribution in [-0.4, -0.2) is 35.0 Å². The van der Waals surface area contributed by atoms with Crippen LogP contribution in [0.25, 0.3) is 0 Å². The Hall–Kier alpha value is -0.640. The van der Waals surface area contributed by atoms with E-state index < -0.39 is 5.41 Å². The van der Waals surface area contributed by atoms with E-state index in [0.29, 0.717) is 34.8 Å². The van der Waals surface area contributed by atoms with Gasteiger partial charge in [0.1, 0.15) is 5.78 Å². The lowest BCUT2D eigenvalue weighted by atomic mass is 9.57. The quantitative estimate of drug-likeness (QED) is 0.524. The number of ketones is 1. The molecule has 4 aliphatic carbocycles. The zero-order valence-corrected chi connectivity index (χ0v) is 15.6. The van der Waals surface area contributed by atoms with Crippen molar-refractivity contribution < 1.29 is 9.59 Å². The Morgan fingerprint density at radius 1 is 1.35 bits per heavy atom. The molecule has 0 aromatic heterocycles. The predicted octanol–water partition coefficient (Wildman–Crippen LogP) is 3.28. The van der Waals surface area contributed by atoms with Gasteiger partial charge < -0.3 is 4.90 Å². The van der Waals surface area contributed by atoms with Crippen LogP contribution in [0.3, 0.4) is 0 Å². The van der Waals surface area contributed by atoms with Crippen molar-refractivity contribution in [1.29, 1.82) is 0 Å². The van der Waals surface area contributed by atoms with Crippen molar-refractivity contribution in [2.75, 3.05) is 18.4 Å². The van der Waals surface area contributed by atoms with E-state index in [0.717, 1.165) is 37.9 Å². The summed E-state index contributed by atoms with van der Waals surface area (Å²) < 4.78 is 0. The second kappa shape index (κ2) is 5.18. The highest BCUT2D eigenvalue weighted by atomic mass is 79.9. The minimum absolute atomic E-state index is 0.0659. The molecule has 4 saturated carbocycles. The Bertz CT molecular complexity index is 582. The van der Waals surface area contributed by atoms with Crippen LogP contribution in [0.4, 0.5) is 0 Å². The van der Waals surface area contributed by atoms with Crippen molar-refractivity contribution in [2.45, 2.75) is 33.1 Å². The largest absolute Gasteiger partial charge is 0.342 e. The summed E-state index contributed by atoms with van der Waals surface area (Å²) in [6, 6.07) is 0. The molecular formula is C19H26BrNO2. The molecule has 7 atom stereocenters. The molecule has 7 unspecified atom stereocenters. The van der Waals surface area contributed by atoms with Gasteiger partial charge in [-0.3, -0.25) is 9.59 Å². The number of hydrogen-bond donors (Lipinski definition) is 0. The van der Waals surface area contributed by atoms with Crippen molar-refractivity contribution in [3.8, 4) is 0 Å². The van der Waals surface area contributed by atoms with Crippen LogP contribution in [0.1, 0.15) is 33.1 Å². The minimum atomic E-state index is -0.438. The van der Waals surface area contributed by atoms with Gasteiger partial charge in [0.15, 0.2) is 0 Å². The molecule has 0 saturated heterocycles. The summed E-state index contributed by atoms with van der Waals surface area (Å²) in [5, 5.41) is 0.648. The first kappa shape index (κ1) is 15.9. The molecule has 0 aromatic rings. The lowest BCUT2D eigenvalue weighted by Crippen LogP contribution is -2.51. The molecule has 0 radical (unpaired) electrons. The van der Waals surface area contributed by atoms with E-state index in [4.69, 9.17) is 0 Å². The van der Waals surface area contributed by atoms with Crippen molar-refractivity contribution >= 4 is 27.6 Å². The fourth-order valence-corrected chi connectivity index (χ4v) is 7.67. The van der Waals surface area contributed by atoms with Gasteiger partial charge in [-0.25, -0.2) is 0 Å². The maximum atomic E-state index is 13.4. The zero-order valence-electron chi connectivity index (χ0n) is 14.1. The number of hydrogen-bond acceptors (Lipinski definition) is 2. The number of carbonyl (C=O) groups is 2. The molecule has 4 aliphatic rings. The molecule has 2 bridgehead atoms. The van der Waals surface area contributed by atoms with E-state index in [2.05, 4.69) is 36.4 Å². The first-order valence-electron chi connectivity index (χ1n) is 9.12. The number of allylic oxidation sites excluding steroid dienone is 1. The fourth-order valence-electron chi connectivity index (χ4n) is 6.63. The highest BCUT2D eigenvalue weighted by molar-refractivity contribution is 9.09. The lowest BCUT2D eigenvalue weighted by Gasteiger charge is -2.47. The maximum absolute atomic E-state index is 13.4. The number of alkyl halides is 1. The molecule has 23 heavy (non-hydrogen) atoms. The molecule has 4 rings (SSSR count). The predicted molar refractivity (Wildman–Crippen MR) is 93.1 cm³/mol. The van der Waals surface area contributed by atoms with Crippen LogP contribution < -0.4 is 0 Å². The van der Waals surface area contributed by atoms with Gasteiger partial charge in [0.25, 0.3) is 0 Å². The number of fused-ring (bicyclic) bond motifs is 2. The average molecular weight is 380 g/mol. The Morgan fingerprint density at radius 2 is 2.00 bits per heavy atom. The van der Waals surface area contributed by atoms with Crippen LogP contribution in [0.2, 0.25) is 0 Å². The van der Waals surface area contributed by atoms with Crippen LogP contribution in [0.5, 0.6) is 0 Å². The number of amides is 1. The summed E-state index contributed by atoms with van der Waals surface area (Å²) in [5.74, 6) is 2.26. The number of halogens is 1. The number of rotatable bonds is 6. The van der Waals surface area contributed by atoms with E-state index in [-0.39, 0.29) is 17.7 Å². The number of carbonyl (C=O) groups excluding carboxylic acids is 2. The highest BCUT2D eigenvalue weighted by Gasteiger charge is 2.81. The topological polar surface area (TPSA) is 37.4 Å². The first-order valence-corrected chi connectivity index (χ1v) is 10.2. The van der Waals surface area contributed by atoms with Gasteiger partial charge in [-0.15, -0.1) is 0 Å². The Labute approximate surface area is 147 Å². The minimum Gasteiger partial charge on any atom is -0.342 e. The molecular weight excluding hydrogens is 354 g/mol. The number of Topliss-reactive ketones (excluding diaryl/α,β-unsaturated/α-hetero) is 1. The molecule has 3 nitrogen and oxygen atoms in total. The van der Waals surface area contributed by atoms with E-state index in [1.807, 2.05) is 4.90 Å². The van der Waals surface area contributed by atoms with E-state index in [1.54, 1.807) is 0 Å². The standard InChI is InChI=1S/C19H26BrNO2/c1-4-6-21(7-5-2)18(23)16-11-8-12-15-13(11)10(3)14(15)17(22)19(12,16)9-20/h11-16H,3-9H2,1-2H3. The summed E-state index contributed by atoms with van der Waals surface area (Å²) in [4.78, 5) is 28.6. The molecule has 4 fully saturated rings. The third kappa shape index (κ3) is 1.62. The smallest absolute Gasteiger partial charge is 0.227 e. The van der Waals surface area contributed by atoms with Crippen LogP contribution in [0.15, 0.2) is 12.2 Å². The van der Waals surface area contributed by atoms with Crippen molar-refractivity contribution in [3.05, 3.63) is 12.2 Å². The Balaban J connectivity index is 1.73. The van der Waals surface area contributed by atoms with Crippen molar-refractivity contribution in [3.63, 3.8) is 0 Å². The van der Waals surface area contributed by atoms with Crippen LogP contribution >= 0.6 is 15.9 Å². The second-order valence-corrected chi connectivity index (χ2v) is 8.56. The molecule has 4 heteroatoms. The van der Waals surface area contributed by atoms with E-state index >= 15 is 0 Å². The highest BCUT2D eigenvalue weighted by Crippen LogP contribution is 2.79. The molecule has 0 heterocycles.